The van der Waals surface area contributed by atoms with Gasteiger partial charge < -0.3 is 25.6 Å². The Morgan fingerprint density at radius 1 is 1.06 bits per heavy atom. The third-order valence-corrected chi connectivity index (χ3v) is 9.00. The number of hydrogen-bond donors (Lipinski definition) is 3. The first-order valence-electron chi connectivity index (χ1n) is 15.3. The summed E-state index contributed by atoms with van der Waals surface area (Å²) in [6.45, 7) is 5.72. The van der Waals surface area contributed by atoms with Crippen LogP contribution < -0.4 is 20.9 Å². The zero-order chi connectivity index (χ0) is 34.3. The molecule has 0 spiro atoms. The molecule has 16 heteroatoms. The van der Waals surface area contributed by atoms with E-state index in [0.29, 0.717) is 29.0 Å². The molecule has 3 heterocycles. The van der Waals surface area contributed by atoms with E-state index >= 15 is 0 Å². The number of benzene rings is 1. The number of pyridine rings is 1. The second-order valence-corrected chi connectivity index (χ2v) is 13.8. The Labute approximate surface area is 279 Å². The minimum absolute atomic E-state index is 0.0494. The van der Waals surface area contributed by atoms with Gasteiger partial charge in [-0.05, 0) is 70.6 Å². The minimum Gasteiger partial charge on any atom is -0.444 e. The fraction of sp³-hybridized carbons (Fsp3) is 0.548. The van der Waals surface area contributed by atoms with E-state index in [1.807, 2.05) is 0 Å². The first kappa shape index (κ1) is 34.8. The van der Waals surface area contributed by atoms with Crippen LogP contribution in [0.3, 0.4) is 0 Å². The van der Waals surface area contributed by atoms with E-state index in [1.54, 1.807) is 55.5 Å². The maximum absolute atomic E-state index is 14.3. The van der Waals surface area contributed by atoms with Gasteiger partial charge in [0.15, 0.2) is 5.65 Å². The van der Waals surface area contributed by atoms with E-state index in [9.17, 15) is 27.2 Å². The average molecular weight is 703 g/mol. The molecular formula is C31H37Cl2F4N7O3. The van der Waals surface area contributed by atoms with Gasteiger partial charge in [0.2, 0.25) is 5.95 Å². The van der Waals surface area contributed by atoms with Crippen LogP contribution in [0.5, 0.6) is 0 Å². The van der Waals surface area contributed by atoms with Crippen molar-refractivity contribution in [3.8, 4) is 0 Å². The van der Waals surface area contributed by atoms with Crippen molar-refractivity contribution < 1.29 is 31.9 Å². The largest absolute Gasteiger partial charge is 0.444 e. The second-order valence-electron chi connectivity index (χ2n) is 13.0. The van der Waals surface area contributed by atoms with Crippen molar-refractivity contribution in [1.82, 2.24) is 25.2 Å². The number of carbonyl (C=O) groups is 2. The summed E-state index contributed by atoms with van der Waals surface area (Å²) in [4.78, 5) is 36.8. The van der Waals surface area contributed by atoms with Gasteiger partial charge in [-0.15, -0.1) is 0 Å². The molecule has 1 aliphatic heterocycles. The van der Waals surface area contributed by atoms with Gasteiger partial charge in [0, 0.05) is 26.2 Å². The lowest BCUT2D eigenvalue weighted by molar-refractivity contribution is -0.182. The molecule has 2 amide bonds. The predicted molar refractivity (Wildman–Crippen MR) is 172 cm³/mol. The second kappa shape index (κ2) is 13.5. The summed E-state index contributed by atoms with van der Waals surface area (Å²) in [6.07, 6.45) is -5.41. The lowest BCUT2D eigenvalue weighted by Gasteiger charge is -2.30. The van der Waals surface area contributed by atoms with Crippen molar-refractivity contribution in [3.63, 3.8) is 0 Å². The highest BCUT2D eigenvalue weighted by molar-refractivity contribution is 6.39. The van der Waals surface area contributed by atoms with E-state index in [-0.39, 0.29) is 72.6 Å². The van der Waals surface area contributed by atoms with Crippen molar-refractivity contribution in [1.29, 1.82) is 0 Å². The molecule has 10 nitrogen and oxygen atoms in total. The summed E-state index contributed by atoms with van der Waals surface area (Å²) in [6, 6.07) is 4.41. The summed E-state index contributed by atoms with van der Waals surface area (Å²) in [5.74, 6) is -1.34. The van der Waals surface area contributed by atoms with Crippen molar-refractivity contribution in [2.45, 2.75) is 83.4 Å². The van der Waals surface area contributed by atoms with E-state index in [4.69, 9.17) is 32.9 Å². The monoisotopic (exact) mass is 701 g/mol. The van der Waals surface area contributed by atoms with Crippen LogP contribution in [-0.2, 0) is 18.3 Å². The molecule has 2 fully saturated rings. The van der Waals surface area contributed by atoms with Crippen LogP contribution in [-0.4, -0.2) is 63.6 Å². The Hall–Kier alpha value is -3.52. The summed E-state index contributed by atoms with van der Waals surface area (Å²) < 4.78 is 60.7. The van der Waals surface area contributed by atoms with E-state index in [2.05, 4.69) is 20.9 Å². The molecule has 1 saturated carbocycles. The first-order valence-corrected chi connectivity index (χ1v) is 16.1. The molecule has 2 aliphatic rings. The lowest BCUT2D eigenvalue weighted by Crippen LogP contribution is -2.40. The van der Waals surface area contributed by atoms with Gasteiger partial charge in [0.25, 0.3) is 5.91 Å². The Bertz CT molecular complexity index is 1650. The number of nitrogens with one attached hydrogen (secondary N) is 3. The number of rotatable bonds is 7. The summed E-state index contributed by atoms with van der Waals surface area (Å²) in [5, 5.41) is 9.18. The van der Waals surface area contributed by atoms with Gasteiger partial charge in [-0.3, -0.25) is 9.36 Å². The third kappa shape index (κ3) is 8.14. The van der Waals surface area contributed by atoms with Gasteiger partial charge in [0.1, 0.15) is 23.1 Å². The van der Waals surface area contributed by atoms with Crippen molar-refractivity contribution >= 4 is 63.8 Å². The summed E-state index contributed by atoms with van der Waals surface area (Å²) in [7, 11) is 1.70. The molecule has 1 saturated heterocycles. The zero-order valence-electron chi connectivity index (χ0n) is 26.4. The molecule has 0 radical (unpaired) electrons. The maximum Gasteiger partial charge on any atom is 0.407 e. The van der Waals surface area contributed by atoms with Crippen LogP contribution >= 0.6 is 23.2 Å². The molecule has 3 N–H and O–H groups in total. The third-order valence-electron chi connectivity index (χ3n) is 8.25. The van der Waals surface area contributed by atoms with Crippen LogP contribution in [0.1, 0.15) is 68.8 Å². The number of amides is 2. The minimum atomic E-state index is -4.26. The Morgan fingerprint density at radius 3 is 2.38 bits per heavy atom. The van der Waals surface area contributed by atoms with Crippen LogP contribution in [0.25, 0.3) is 11.2 Å². The topological polar surface area (TPSA) is 113 Å². The molecular weight excluding hydrogens is 665 g/mol. The van der Waals surface area contributed by atoms with Gasteiger partial charge in [0.05, 0.1) is 33.8 Å². The van der Waals surface area contributed by atoms with Crippen LogP contribution in [0.4, 0.5) is 39.8 Å². The molecule has 2 aromatic heterocycles. The number of fused-ring (bicyclic) bond motifs is 1. The number of anilines is 3. The van der Waals surface area contributed by atoms with E-state index in [0.717, 1.165) is 0 Å². The molecule has 5 rings (SSSR count). The van der Waals surface area contributed by atoms with Gasteiger partial charge in [-0.1, -0.05) is 29.3 Å². The number of carbonyl (C=O) groups excluding carboxylic acids is 2. The van der Waals surface area contributed by atoms with E-state index in [1.165, 1.54) is 0 Å². The quantitative estimate of drug-likeness (QED) is 0.220. The van der Waals surface area contributed by atoms with Crippen molar-refractivity contribution in [2.24, 2.45) is 13.0 Å². The molecule has 3 aromatic rings. The normalized spacial score (nSPS) is 20.4. The van der Waals surface area contributed by atoms with Crippen LogP contribution in [0, 0.1) is 5.92 Å². The predicted octanol–water partition coefficient (Wildman–Crippen LogP) is 7.44. The van der Waals surface area contributed by atoms with Gasteiger partial charge in [-0.2, -0.15) is 13.2 Å². The molecule has 256 valence electrons. The molecule has 1 atom stereocenters. The van der Waals surface area contributed by atoms with Crippen molar-refractivity contribution in [2.75, 3.05) is 23.3 Å². The standard InChI is InChI=1S/C31H37Cl2F4N7O3/c1-30(2,3)47-29(46)38-14-16-5-10-21(32)24(23(16)33)41-28-40-22-13-20(25(42-26(22)43(28)4)44-12-11-18(34)15-44)27(45)39-19-8-6-17(7-9-19)31(35,36)37/h5,10,13,17-19H,6-9,11-12,14-15H2,1-4H3,(H,38,46)(H,39,45)(H,40,41)/t17-,18-,19-/m1/s1. The van der Waals surface area contributed by atoms with Gasteiger partial charge >= 0.3 is 12.3 Å². The van der Waals surface area contributed by atoms with E-state index < -0.39 is 41.9 Å². The number of ether oxygens (including phenoxy) is 1. The summed E-state index contributed by atoms with van der Waals surface area (Å²) in [5.41, 5.74) is 1.09. The fourth-order valence-corrected chi connectivity index (χ4v) is 6.33. The number of hydrogen-bond acceptors (Lipinski definition) is 7. The lowest BCUT2D eigenvalue weighted by atomic mass is 9.85. The number of alkyl carbamates (subject to hydrolysis) is 1. The number of aryl methyl sites for hydroxylation is 1. The number of aromatic nitrogens is 3. The molecule has 1 aromatic carbocycles. The van der Waals surface area contributed by atoms with Gasteiger partial charge in [-0.25, -0.2) is 19.2 Å². The highest BCUT2D eigenvalue weighted by Crippen LogP contribution is 2.39. The average Bonchev–Trinajstić information content (AvgIpc) is 3.55. The van der Waals surface area contributed by atoms with Crippen LogP contribution in [0.2, 0.25) is 10.0 Å². The maximum atomic E-state index is 14.3. The molecule has 0 bridgehead atoms. The Kier molecular flexibility index (Phi) is 10.0. The molecule has 0 unspecified atom stereocenters. The molecule has 47 heavy (non-hydrogen) atoms. The van der Waals surface area contributed by atoms with Crippen molar-refractivity contribution in [3.05, 3.63) is 39.4 Å². The zero-order valence-corrected chi connectivity index (χ0v) is 27.9. The van der Waals surface area contributed by atoms with Crippen LogP contribution in [0.15, 0.2) is 18.2 Å². The fourth-order valence-electron chi connectivity index (χ4n) is 5.80. The summed E-state index contributed by atoms with van der Waals surface area (Å²) >= 11 is 13.2. The molecule has 1 aliphatic carbocycles. The smallest absolute Gasteiger partial charge is 0.407 e. The number of nitrogens with zero attached hydrogens (tertiary/aromatic N) is 4. The number of halogens is 6. The number of imidazole rings is 1. The Morgan fingerprint density at radius 2 is 1.77 bits per heavy atom. The Balaban J connectivity index is 1.41. The first-order chi connectivity index (χ1) is 22.0. The number of alkyl halides is 4. The highest BCUT2D eigenvalue weighted by Gasteiger charge is 2.41. The SMILES string of the molecule is Cn1c(Nc2c(Cl)ccc(CNC(=O)OC(C)(C)C)c2Cl)nc2cc(C(=O)N[C@H]3CC[C@H](C(F)(F)F)CC3)c(N3CC[C@@H](F)C3)nc21. The highest BCUT2D eigenvalue weighted by atomic mass is 35.5.